The van der Waals surface area contributed by atoms with Crippen LogP contribution in [0, 0.1) is 0 Å². The van der Waals surface area contributed by atoms with Gasteiger partial charge in [-0.2, -0.15) is 0 Å². The van der Waals surface area contributed by atoms with E-state index in [1.54, 1.807) is 0 Å². The largest absolute Gasteiger partial charge is 0.456 e. The number of benzene rings is 21. The molecule has 119 heavy (non-hydrogen) atoms. The zero-order valence-electron chi connectivity index (χ0n) is 74.9. The monoisotopic (exact) mass is 1530 g/mol. The highest BCUT2D eigenvalue weighted by atomic mass is 16.3. The summed E-state index contributed by atoms with van der Waals surface area (Å²) in [4.78, 5) is 0. The molecule has 21 aromatic carbocycles. The van der Waals surface area contributed by atoms with E-state index < -0.39 is 6.04 Å². The van der Waals surface area contributed by atoms with Crippen molar-refractivity contribution in [3.05, 3.63) is 436 Å². The average molecular weight is 1530 g/mol. The molecule has 0 amide bonds. The maximum Gasteiger partial charge on any atom is 0.136 e. The lowest BCUT2D eigenvalue weighted by Crippen LogP contribution is -1.93. The molecule has 0 aliphatic rings. The zero-order valence-corrected chi connectivity index (χ0v) is 62.9. The molecular weight excluding hydrogens is 1440 g/mol. The molecule has 0 saturated carbocycles. The standard InChI is InChI=1S/C44H28O.C38H24O.C32H20O.2CH4/c1-3-13-29(14-4-1)30-23-25-32(26-24-30)42-38(27-28-40-44(42)37-21-11-12-22-39(37)45-40)43-35-19-9-7-17-33(35)41(31-15-5-2-6-16-31)34-18-8-10-20-36(34)43;1-2-11-26(12-3-1)36-29-13-4-6-15-31(29)37(32-16-7-5-14-30(32)36)27-23-21-25(22-24-27)28-18-10-20-35-38(28)33-17-8-9-19-34(33)39-35;1-2-11-21(12-3-1)30-22-13-4-6-15-24(22)31(25-16-7-5-14-23(25)30)27-18-10-20-29-32(27)26-17-8-9-19-28(26)33-29;;/h1-28H;1-24H;1-20H;2*1H4/i2D,5D,6D,15D,16D;21D,22D,23D,24D;10D,18D,20D;;. The molecule has 0 spiro atoms. The molecule has 0 saturated heterocycles. The highest BCUT2D eigenvalue weighted by Crippen LogP contribution is 2.52. The van der Waals surface area contributed by atoms with Crippen LogP contribution in [0.4, 0.5) is 0 Å². The first-order valence-electron chi connectivity index (χ1n) is 45.1. The highest BCUT2D eigenvalue weighted by molar-refractivity contribution is 6.28. The van der Waals surface area contributed by atoms with E-state index in [2.05, 4.69) is 133 Å². The molecule has 0 bridgehead atoms. The Morgan fingerprint density at radius 3 is 0.874 bits per heavy atom. The second kappa shape index (κ2) is 30.7. The fourth-order valence-electron chi connectivity index (χ4n) is 17.8. The van der Waals surface area contributed by atoms with Crippen molar-refractivity contribution in [2.45, 2.75) is 14.9 Å². The maximum absolute atomic E-state index is 9.35. The van der Waals surface area contributed by atoms with Crippen LogP contribution in [0.2, 0.25) is 0 Å². The Kier molecular flexibility index (Phi) is 15.5. The molecule has 0 N–H and O–H groups in total. The Morgan fingerprint density at radius 2 is 0.437 bits per heavy atom. The topological polar surface area (TPSA) is 39.4 Å². The fraction of sp³-hybridized carbons (Fsp3) is 0.0172. The highest BCUT2D eigenvalue weighted by Gasteiger charge is 2.26. The molecule has 0 fully saturated rings. The van der Waals surface area contributed by atoms with Gasteiger partial charge in [0.25, 0.3) is 0 Å². The van der Waals surface area contributed by atoms with Crippen LogP contribution < -0.4 is 0 Å². The number of para-hydroxylation sites is 3. The van der Waals surface area contributed by atoms with E-state index in [1.807, 2.05) is 231 Å². The second-order valence-corrected chi connectivity index (χ2v) is 29.2. The number of rotatable bonds is 9. The van der Waals surface area contributed by atoms with Crippen molar-refractivity contribution in [2.24, 2.45) is 0 Å². The Bertz CT molecular complexity index is 8540. The van der Waals surface area contributed by atoms with E-state index in [4.69, 9.17) is 24.2 Å². The zero-order chi connectivity index (χ0) is 87.7. The summed E-state index contributed by atoms with van der Waals surface area (Å²) in [7, 11) is 0. The van der Waals surface area contributed by atoms with Gasteiger partial charge in [-0.15, -0.1) is 0 Å². The van der Waals surface area contributed by atoms with Crippen LogP contribution in [0.5, 0.6) is 0 Å². The fourth-order valence-corrected chi connectivity index (χ4v) is 17.8. The first-order chi connectivity index (χ1) is 63.1. The molecule has 3 nitrogen and oxygen atoms in total. The van der Waals surface area contributed by atoms with Gasteiger partial charge < -0.3 is 13.3 Å². The lowest BCUT2D eigenvalue weighted by Gasteiger charge is -2.20. The Balaban J connectivity index is 0.000000123. The van der Waals surface area contributed by atoms with Gasteiger partial charge in [-0.3, -0.25) is 0 Å². The normalized spacial score (nSPS) is 12.8. The van der Waals surface area contributed by atoms with Gasteiger partial charge >= 0.3 is 0 Å². The average Bonchev–Trinajstić information content (AvgIpc) is 1.71. The summed E-state index contributed by atoms with van der Waals surface area (Å²) in [6.07, 6.45) is 0. The van der Waals surface area contributed by atoms with Crippen molar-refractivity contribution >= 4 is 130 Å². The summed E-state index contributed by atoms with van der Waals surface area (Å²) in [5, 5.41) is 16.7. The van der Waals surface area contributed by atoms with Gasteiger partial charge in [-0.05, 0) is 202 Å². The predicted molar refractivity (Wildman–Crippen MR) is 509 cm³/mol. The van der Waals surface area contributed by atoms with Crippen molar-refractivity contribution in [3.8, 4) is 100 Å². The van der Waals surface area contributed by atoms with Crippen LogP contribution in [-0.2, 0) is 0 Å². The summed E-state index contributed by atoms with van der Waals surface area (Å²) in [6, 6.07) is 120. The maximum atomic E-state index is 9.35. The smallest absolute Gasteiger partial charge is 0.136 e. The van der Waals surface area contributed by atoms with Gasteiger partial charge in [0.15, 0.2) is 0 Å². The van der Waals surface area contributed by atoms with Gasteiger partial charge in [-0.25, -0.2) is 0 Å². The van der Waals surface area contributed by atoms with E-state index in [1.165, 1.54) is 0 Å². The Morgan fingerprint density at radius 1 is 0.143 bits per heavy atom. The molecule has 3 aromatic heterocycles. The third-order valence-corrected chi connectivity index (χ3v) is 22.8. The molecule has 0 unspecified atom stereocenters. The van der Waals surface area contributed by atoms with Crippen LogP contribution in [0.25, 0.3) is 231 Å². The summed E-state index contributed by atoms with van der Waals surface area (Å²) < 4.78 is 125. The van der Waals surface area contributed by atoms with Crippen molar-refractivity contribution in [1.82, 2.24) is 0 Å². The van der Waals surface area contributed by atoms with E-state index in [9.17, 15) is 5.48 Å². The molecular formula is C116H80O3. The molecule has 3 heterocycles. The van der Waals surface area contributed by atoms with E-state index in [-0.39, 0.29) is 92.4 Å². The second-order valence-electron chi connectivity index (χ2n) is 29.2. The number of fused-ring (bicyclic) bond motifs is 15. The van der Waals surface area contributed by atoms with Gasteiger partial charge in [0.2, 0.25) is 0 Å². The third-order valence-electron chi connectivity index (χ3n) is 22.8. The van der Waals surface area contributed by atoms with Crippen LogP contribution in [-0.4, -0.2) is 0 Å². The van der Waals surface area contributed by atoms with Gasteiger partial charge in [0.05, 0.1) is 16.4 Å². The minimum atomic E-state index is -0.405. The van der Waals surface area contributed by atoms with Crippen LogP contribution >= 0.6 is 0 Å². The Labute approximate surface area is 707 Å². The Hall–Kier alpha value is -15.4. The van der Waals surface area contributed by atoms with Crippen LogP contribution in [0.3, 0.4) is 0 Å². The van der Waals surface area contributed by atoms with Crippen molar-refractivity contribution in [1.29, 1.82) is 0 Å². The molecule has 24 aromatic rings. The quantitative estimate of drug-likeness (QED) is 0.135. The summed E-state index contributed by atoms with van der Waals surface area (Å²) in [5.41, 5.74) is 19.0. The SMILES string of the molecule is C.C.[2H]c1c([2H])c(-c2c3ccccc3c(-c3ccccc3)c3ccccc23)c2c(oc3ccccc32)c1[2H].[2H]c1c([2H])c(-c2cccc3oc4ccccc4c23)c([2H])c([2H])c1-c1c2ccccc2c(-c2ccccc2)c2ccccc12.[2H]c1c([2H])c([2H])c(-c2c3ccccc3c(-c3ccc4oc5ccccc5c4c3-c3ccc(-c4ccccc4)cc3)c3ccccc23)c([2H])c1[2H]. The number of furan rings is 3. The number of hydrogen-bond donors (Lipinski definition) is 0. The minimum absolute atomic E-state index is 0. The molecule has 0 atom stereocenters. The molecule has 3 heteroatoms. The van der Waals surface area contributed by atoms with E-state index in [0.717, 1.165) is 169 Å². The van der Waals surface area contributed by atoms with Crippen molar-refractivity contribution < 1.29 is 29.7 Å². The molecule has 24 rings (SSSR count). The van der Waals surface area contributed by atoms with E-state index in [0.29, 0.717) is 50.1 Å². The van der Waals surface area contributed by atoms with Gasteiger partial charge in [-0.1, -0.05) is 409 Å². The summed E-state index contributed by atoms with van der Waals surface area (Å²) in [5.74, 6) is 0. The van der Waals surface area contributed by atoms with Crippen LogP contribution in [0.15, 0.2) is 450 Å². The predicted octanol–water partition coefficient (Wildman–Crippen LogP) is 34.0. The lowest BCUT2D eigenvalue weighted by atomic mass is 9.82. The lowest BCUT2D eigenvalue weighted by molar-refractivity contribution is 0.668. The molecule has 0 aliphatic carbocycles. The first-order valence-corrected chi connectivity index (χ1v) is 39.1. The van der Waals surface area contributed by atoms with Crippen molar-refractivity contribution in [2.75, 3.05) is 0 Å². The molecule has 0 radical (unpaired) electrons. The summed E-state index contributed by atoms with van der Waals surface area (Å²) >= 11 is 0. The van der Waals surface area contributed by atoms with E-state index >= 15 is 0 Å². The first kappa shape index (κ1) is 60.2. The van der Waals surface area contributed by atoms with Gasteiger partial charge in [0.1, 0.15) is 33.5 Å². The van der Waals surface area contributed by atoms with Crippen LogP contribution in [0.1, 0.15) is 31.3 Å². The van der Waals surface area contributed by atoms with Gasteiger partial charge in [0, 0.05) is 37.9 Å². The third kappa shape index (κ3) is 12.5. The number of hydrogen-bond acceptors (Lipinski definition) is 3. The molecule has 0 aliphatic heterocycles. The van der Waals surface area contributed by atoms with Crippen molar-refractivity contribution in [3.63, 3.8) is 0 Å². The molecule has 562 valence electrons. The summed E-state index contributed by atoms with van der Waals surface area (Å²) in [6.45, 7) is 0. The minimum Gasteiger partial charge on any atom is -0.456 e.